The van der Waals surface area contributed by atoms with Gasteiger partial charge < -0.3 is 29.7 Å². The highest BCUT2D eigenvalue weighted by Crippen LogP contribution is 2.28. The molecule has 0 bridgehead atoms. The van der Waals surface area contributed by atoms with Crippen LogP contribution in [-0.4, -0.2) is 106 Å². The van der Waals surface area contributed by atoms with Crippen molar-refractivity contribution in [2.75, 3.05) is 79.7 Å². The van der Waals surface area contributed by atoms with Crippen LogP contribution in [0.15, 0.2) is 18.2 Å². The molecule has 30 heavy (non-hydrogen) atoms. The topological polar surface area (TPSA) is 60.4 Å². The average molecular weight is 421 g/mol. The maximum Gasteiger partial charge on any atom is 0.161 e. The van der Waals surface area contributed by atoms with E-state index in [1.165, 1.54) is 25.9 Å². The first-order chi connectivity index (χ1) is 14.6. The number of likely N-dealkylation sites (tertiary alicyclic amines) is 1. The van der Waals surface area contributed by atoms with Crippen molar-refractivity contribution in [1.82, 2.24) is 20.0 Å². The number of rotatable bonds is 11. The summed E-state index contributed by atoms with van der Waals surface area (Å²) in [6.45, 7) is 10.5. The second-order valence-corrected chi connectivity index (χ2v) is 8.63. The molecule has 0 amide bonds. The van der Waals surface area contributed by atoms with Crippen LogP contribution >= 0.6 is 0 Å². The van der Waals surface area contributed by atoms with Crippen LogP contribution in [0.2, 0.25) is 0 Å². The summed E-state index contributed by atoms with van der Waals surface area (Å²) in [5.74, 6) is 1.41. The predicted molar refractivity (Wildman–Crippen MR) is 120 cm³/mol. The van der Waals surface area contributed by atoms with Crippen LogP contribution in [-0.2, 0) is 6.54 Å². The number of likely N-dealkylation sites (N-methyl/N-ethyl adjacent to an activating group) is 1. The quantitative estimate of drug-likeness (QED) is 0.523. The molecule has 0 saturated carbocycles. The van der Waals surface area contributed by atoms with E-state index in [-0.39, 0.29) is 6.61 Å². The molecular formula is C23H40N4O3. The Morgan fingerprint density at radius 1 is 1.00 bits per heavy atom. The summed E-state index contributed by atoms with van der Waals surface area (Å²) >= 11 is 0. The summed E-state index contributed by atoms with van der Waals surface area (Å²) in [7, 11) is 3.81. The maximum atomic E-state index is 10.5. The van der Waals surface area contributed by atoms with Gasteiger partial charge in [0.2, 0.25) is 0 Å². The van der Waals surface area contributed by atoms with Gasteiger partial charge in [-0.3, -0.25) is 4.90 Å². The van der Waals surface area contributed by atoms with Crippen molar-refractivity contribution in [3.8, 4) is 11.5 Å². The molecule has 0 radical (unpaired) electrons. The molecule has 0 aromatic heterocycles. The third kappa shape index (κ3) is 7.71. The zero-order chi connectivity index (χ0) is 21.2. The molecule has 1 aromatic carbocycles. The van der Waals surface area contributed by atoms with Gasteiger partial charge in [0.1, 0.15) is 12.7 Å². The van der Waals surface area contributed by atoms with Gasteiger partial charge in [0.15, 0.2) is 11.5 Å². The summed E-state index contributed by atoms with van der Waals surface area (Å²) in [5, 5.41) is 14.0. The minimum atomic E-state index is -0.514. The van der Waals surface area contributed by atoms with Crippen molar-refractivity contribution < 1.29 is 14.6 Å². The van der Waals surface area contributed by atoms with E-state index in [0.29, 0.717) is 18.0 Å². The van der Waals surface area contributed by atoms with Crippen LogP contribution in [0.5, 0.6) is 11.5 Å². The largest absolute Gasteiger partial charge is 0.493 e. The van der Waals surface area contributed by atoms with E-state index in [2.05, 4.69) is 33.1 Å². The van der Waals surface area contributed by atoms with Gasteiger partial charge in [-0.2, -0.15) is 0 Å². The summed E-state index contributed by atoms with van der Waals surface area (Å²) < 4.78 is 11.4. The van der Waals surface area contributed by atoms with E-state index in [9.17, 15) is 5.11 Å². The minimum absolute atomic E-state index is 0.272. The Bertz CT molecular complexity index is 624. The van der Waals surface area contributed by atoms with Crippen LogP contribution in [0.3, 0.4) is 0 Å². The highest BCUT2D eigenvalue weighted by molar-refractivity contribution is 5.43. The Morgan fingerprint density at radius 2 is 1.80 bits per heavy atom. The number of β-amino-alcohol motifs (C(OH)–C–C–N with tert-alkyl or cyclic N) is 1. The summed E-state index contributed by atoms with van der Waals surface area (Å²) in [6, 6.07) is 6.04. The van der Waals surface area contributed by atoms with Gasteiger partial charge in [0.05, 0.1) is 7.11 Å². The monoisotopic (exact) mass is 420 g/mol. The normalized spacial score (nSPS) is 20.2. The van der Waals surface area contributed by atoms with Gasteiger partial charge in [-0.15, -0.1) is 0 Å². The number of hydrogen-bond acceptors (Lipinski definition) is 7. The highest BCUT2D eigenvalue weighted by Gasteiger charge is 2.17. The molecule has 2 fully saturated rings. The number of nitrogens with one attached hydrogen (secondary N) is 1. The van der Waals surface area contributed by atoms with Crippen molar-refractivity contribution in [1.29, 1.82) is 0 Å². The van der Waals surface area contributed by atoms with Crippen LogP contribution in [0.25, 0.3) is 0 Å². The molecule has 170 valence electrons. The lowest BCUT2D eigenvalue weighted by Crippen LogP contribution is -2.37. The Kier molecular flexibility index (Phi) is 9.68. The molecule has 1 unspecified atom stereocenters. The third-order valence-electron chi connectivity index (χ3n) is 6.07. The SMILES string of the molecule is COc1ccc(CNCCN2CCCC2)cc1OCC(O)CN1CCCN(C)CC1. The van der Waals surface area contributed by atoms with Crippen molar-refractivity contribution in [3.05, 3.63) is 23.8 Å². The van der Waals surface area contributed by atoms with Gasteiger partial charge >= 0.3 is 0 Å². The van der Waals surface area contributed by atoms with Gasteiger partial charge in [-0.1, -0.05) is 6.07 Å². The second-order valence-electron chi connectivity index (χ2n) is 8.63. The van der Waals surface area contributed by atoms with Crippen molar-refractivity contribution in [3.63, 3.8) is 0 Å². The fourth-order valence-corrected chi connectivity index (χ4v) is 4.24. The fourth-order valence-electron chi connectivity index (χ4n) is 4.24. The molecule has 1 atom stereocenters. The molecule has 7 nitrogen and oxygen atoms in total. The van der Waals surface area contributed by atoms with Gasteiger partial charge in [-0.25, -0.2) is 0 Å². The molecule has 7 heteroatoms. The molecule has 2 N–H and O–H groups in total. The van der Waals surface area contributed by atoms with Crippen LogP contribution in [0.4, 0.5) is 0 Å². The predicted octanol–water partition coefficient (Wildman–Crippen LogP) is 1.26. The number of ether oxygens (including phenoxy) is 2. The highest BCUT2D eigenvalue weighted by atomic mass is 16.5. The Morgan fingerprint density at radius 3 is 2.60 bits per heavy atom. The second kappa shape index (κ2) is 12.5. The number of nitrogens with zero attached hydrogens (tertiary/aromatic N) is 3. The van der Waals surface area contributed by atoms with Crippen LogP contribution < -0.4 is 14.8 Å². The van der Waals surface area contributed by atoms with Gasteiger partial charge in [0, 0.05) is 39.3 Å². The zero-order valence-corrected chi connectivity index (χ0v) is 18.8. The molecule has 2 saturated heterocycles. The summed E-state index contributed by atoms with van der Waals surface area (Å²) in [5.41, 5.74) is 1.16. The Balaban J connectivity index is 1.43. The molecule has 2 heterocycles. The molecule has 1 aromatic rings. The Hall–Kier alpha value is -1.38. The molecule has 3 rings (SSSR count). The first kappa shape index (κ1) is 23.3. The van der Waals surface area contributed by atoms with E-state index in [0.717, 1.165) is 57.8 Å². The maximum absolute atomic E-state index is 10.5. The van der Waals surface area contributed by atoms with E-state index >= 15 is 0 Å². The van der Waals surface area contributed by atoms with E-state index < -0.39 is 6.10 Å². The minimum Gasteiger partial charge on any atom is -0.493 e. The summed E-state index contributed by atoms with van der Waals surface area (Å²) in [6.07, 6.45) is 3.30. The van der Waals surface area contributed by atoms with Crippen molar-refractivity contribution >= 4 is 0 Å². The lowest BCUT2D eigenvalue weighted by Gasteiger charge is -2.23. The molecular weight excluding hydrogens is 380 g/mol. The molecule has 2 aliphatic heterocycles. The smallest absolute Gasteiger partial charge is 0.161 e. The van der Waals surface area contributed by atoms with Crippen molar-refractivity contribution in [2.24, 2.45) is 0 Å². The first-order valence-electron chi connectivity index (χ1n) is 11.5. The number of hydrogen-bond donors (Lipinski definition) is 2. The van der Waals surface area contributed by atoms with Gasteiger partial charge in [0.25, 0.3) is 0 Å². The van der Waals surface area contributed by atoms with E-state index in [1.54, 1.807) is 7.11 Å². The van der Waals surface area contributed by atoms with Crippen molar-refractivity contribution in [2.45, 2.75) is 31.9 Å². The number of aliphatic hydroxyl groups is 1. The molecule has 0 spiro atoms. The first-order valence-corrected chi connectivity index (χ1v) is 11.5. The van der Waals surface area contributed by atoms with E-state index in [1.807, 2.05) is 12.1 Å². The molecule has 0 aliphatic carbocycles. The molecule has 2 aliphatic rings. The third-order valence-corrected chi connectivity index (χ3v) is 6.07. The fraction of sp³-hybridized carbons (Fsp3) is 0.739. The van der Waals surface area contributed by atoms with E-state index in [4.69, 9.17) is 9.47 Å². The number of benzene rings is 1. The Labute approximate surface area is 181 Å². The standard InChI is InChI=1S/C23H40N4O3/c1-25-9-5-12-27(15-14-25)18-21(28)19-30-23-16-20(6-7-22(23)29-2)17-24-8-13-26-10-3-4-11-26/h6-7,16,21,24,28H,3-5,8-15,17-19H2,1-2H3. The van der Waals surface area contributed by atoms with Gasteiger partial charge in [-0.05, 0) is 70.2 Å². The van der Waals surface area contributed by atoms with Crippen LogP contribution in [0, 0.1) is 0 Å². The average Bonchev–Trinajstić information content (AvgIpc) is 3.19. The number of methoxy groups -OCH3 is 1. The lowest BCUT2D eigenvalue weighted by molar-refractivity contribution is 0.0685. The zero-order valence-electron chi connectivity index (χ0n) is 18.8. The number of aliphatic hydroxyl groups excluding tert-OH is 1. The summed E-state index contributed by atoms with van der Waals surface area (Å²) in [4.78, 5) is 7.19. The van der Waals surface area contributed by atoms with Crippen LogP contribution in [0.1, 0.15) is 24.8 Å². The lowest BCUT2D eigenvalue weighted by atomic mass is 10.2.